The van der Waals surface area contributed by atoms with Crippen molar-refractivity contribution in [2.45, 2.75) is 70.5 Å². The number of hydrogen-bond acceptors (Lipinski definition) is 5. The molecule has 1 unspecified atom stereocenters. The van der Waals surface area contributed by atoms with Gasteiger partial charge in [-0.1, -0.05) is 56.8 Å². The van der Waals surface area contributed by atoms with E-state index in [9.17, 15) is 14.4 Å². The van der Waals surface area contributed by atoms with Crippen LogP contribution in [0.5, 0.6) is 0 Å². The van der Waals surface area contributed by atoms with Crippen LogP contribution >= 0.6 is 11.6 Å². The van der Waals surface area contributed by atoms with Gasteiger partial charge in [0.05, 0.1) is 25.7 Å². The van der Waals surface area contributed by atoms with Gasteiger partial charge in [-0.2, -0.15) is 0 Å². The number of rotatable bonds is 9. The molecule has 1 aromatic rings. The highest BCUT2D eigenvalue weighted by molar-refractivity contribution is 6.30. The van der Waals surface area contributed by atoms with Gasteiger partial charge in [-0.15, -0.1) is 0 Å². The molecule has 182 valence electrons. The third-order valence-corrected chi connectivity index (χ3v) is 6.91. The zero-order valence-electron chi connectivity index (χ0n) is 19.9. The molecule has 2 aliphatic rings. The van der Waals surface area contributed by atoms with Crippen LogP contribution in [0.25, 0.3) is 0 Å². The number of esters is 1. The number of methoxy groups -OCH3 is 1. The zero-order valence-corrected chi connectivity index (χ0v) is 20.6. The topological polar surface area (TPSA) is 79.0 Å². The number of amides is 2. The van der Waals surface area contributed by atoms with Crippen LogP contribution in [-0.2, 0) is 25.5 Å². The lowest BCUT2D eigenvalue weighted by molar-refractivity contribution is -0.153. The minimum Gasteiger partial charge on any atom is -0.468 e. The number of carbonyl (C=O) groups is 3. The Labute approximate surface area is 201 Å². The Bertz CT molecular complexity index is 817. The van der Waals surface area contributed by atoms with E-state index in [0.29, 0.717) is 24.5 Å². The van der Waals surface area contributed by atoms with Gasteiger partial charge in [0.15, 0.2) is 0 Å². The van der Waals surface area contributed by atoms with E-state index in [1.54, 1.807) is 17.0 Å². The number of nitrogens with zero attached hydrogens (tertiary/aromatic N) is 2. The van der Waals surface area contributed by atoms with Crippen molar-refractivity contribution in [3.8, 4) is 0 Å². The molecule has 0 radical (unpaired) electrons. The van der Waals surface area contributed by atoms with E-state index in [1.165, 1.54) is 13.5 Å². The summed E-state index contributed by atoms with van der Waals surface area (Å²) in [4.78, 5) is 41.9. The van der Waals surface area contributed by atoms with Crippen LogP contribution < -0.4 is 5.32 Å². The molecule has 0 aromatic heterocycles. The van der Waals surface area contributed by atoms with Crippen molar-refractivity contribution in [2.75, 3.05) is 26.7 Å². The maximum atomic E-state index is 13.3. The van der Waals surface area contributed by atoms with E-state index < -0.39 is 12.0 Å². The molecule has 1 aromatic carbocycles. The van der Waals surface area contributed by atoms with Gasteiger partial charge in [0.25, 0.3) is 0 Å². The number of nitrogens with one attached hydrogen (secondary N) is 1. The Hall–Kier alpha value is -2.12. The standard InChI is InChI=1S/C25H36ClN3O4/c1-17(2)24(31)29(20-7-5-4-6-8-20)21-15-28(16-21)25(32)22(27-14-23(30)33-3)13-18-9-11-19(26)12-10-18/h9-12,17,20-22,27H,4-8,13-16H2,1-3H3. The number of ether oxygens (including phenoxy) is 1. The smallest absolute Gasteiger partial charge is 0.319 e. The molecule has 33 heavy (non-hydrogen) atoms. The van der Waals surface area contributed by atoms with Crippen LogP contribution in [0.3, 0.4) is 0 Å². The van der Waals surface area contributed by atoms with E-state index in [0.717, 1.165) is 31.2 Å². The van der Waals surface area contributed by atoms with E-state index >= 15 is 0 Å². The molecule has 1 aliphatic heterocycles. The van der Waals surface area contributed by atoms with Gasteiger partial charge in [-0.05, 0) is 37.0 Å². The van der Waals surface area contributed by atoms with Crippen molar-refractivity contribution in [3.05, 3.63) is 34.9 Å². The summed E-state index contributed by atoms with van der Waals surface area (Å²) >= 11 is 5.99. The normalized spacial score (nSPS) is 18.0. The van der Waals surface area contributed by atoms with Crippen LogP contribution in [-0.4, -0.2) is 72.5 Å². The van der Waals surface area contributed by atoms with Crippen molar-refractivity contribution >= 4 is 29.4 Å². The molecule has 1 aliphatic carbocycles. The van der Waals surface area contributed by atoms with Crippen LogP contribution in [0, 0.1) is 5.92 Å². The minimum atomic E-state index is -0.560. The molecule has 2 amide bonds. The SMILES string of the molecule is COC(=O)CNC(Cc1ccc(Cl)cc1)C(=O)N1CC(N(C(=O)C(C)C)C2CCCCC2)C1. The van der Waals surface area contributed by atoms with Gasteiger partial charge < -0.3 is 14.5 Å². The average molecular weight is 478 g/mol. The molecular weight excluding hydrogens is 442 g/mol. The Morgan fingerprint density at radius 2 is 1.73 bits per heavy atom. The summed E-state index contributed by atoms with van der Waals surface area (Å²) in [5.74, 6) is -0.362. The lowest BCUT2D eigenvalue weighted by Gasteiger charge is -2.50. The molecule has 1 heterocycles. The van der Waals surface area contributed by atoms with Crippen LogP contribution in [0.1, 0.15) is 51.5 Å². The summed E-state index contributed by atoms with van der Waals surface area (Å²) < 4.78 is 4.72. The fraction of sp³-hybridized carbons (Fsp3) is 0.640. The molecule has 1 saturated heterocycles. The lowest BCUT2D eigenvalue weighted by atomic mass is 9.90. The average Bonchev–Trinajstić information content (AvgIpc) is 2.79. The molecule has 1 atom stereocenters. The first kappa shape index (κ1) is 25.5. The maximum absolute atomic E-state index is 13.3. The third-order valence-electron chi connectivity index (χ3n) is 6.66. The summed E-state index contributed by atoms with van der Waals surface area (Å²) in [6.07, 6.45) is 6.07. The maximum Gasteiger partial charge on any atom is 0.319 e. The van der Waals surface area contributed by atoms with Crippen molar-refractivity contribution in [2.24, 2.45) is 5.92 Å². The fourth-order valence-corrected chi connectivity index (χ4v) is 4.85. The van der Waals surface area contributed by atoms with Gasteiger partial charge in [0, 0.05) is 30.1 Å². The van der Waals surface area contributed by atoms with Crippen molar-refractivity contribution < 1.29 is 19.1 Å². The second-order valence-electron chi connectivity index (χ2n) is 9.43. The van der Waals surface area contributed by atoms with Crippen LogP contribution in [0.4, 0.5) is 0 Å². The molecular formula is C25H36ClN3O4. The highest BCUT2D eigenvalue weighted by Crippen LogP contribution is 2.29. The van der Waals surface area contributed by atoms with E-state index in [2.05, 4.69) is 10.2 Å². The predicted octanol–water partition coefficient (Wildman–Crippen LogP) is 3.04. The highest BCUT2D eigenvalue weighted by Gasteiger charge is 2.42. The van der Waals surface area contributed by atoms with Crippen molar-refractivity contribution in [1.82, 2.24) is 15.1 Å². The summed E-state index contributed by atoms with van der Waals surface area (Å²) in [6.45, 7) is 4.91. The predicted molar refractivity (Wildman–Crippen MR) is 128 cm³/mol. The molecule has 0 bridgehead atoms. The number of hydrogen-bond donors (Lipinski definition) is 1. The lowest BCUT2D eigenvalue weighted by Crippen LogP contribution is -2.67. The first-order valence-corrected chi connectivity index (χ1v) is 12.3. The summed E-state index contributed by atoms with van der Waals surface area (Å²) in [7, 11) is 1.33. The number of likely N-dealkylation sites (tertiary alicyclic amines) is 1. The quantitative estimate of drug-likeness (QED) is 0.553. The van der Waals surface area contributed by atoms with Gasteiger partial charge >= 0.3 is 5.97 Å². The third kappa shape index (κ3) is 6.70. The van der Waals surface area contributed by atoms with Gasteiger partial charge in [-0.3, -0.25) is 19.7 Å². The van der Waals surface area contributed by atoms with Crippen LogP contribution in [0.2, 0.25) is 5.02 Å². The highest BCUT2D eigenvalue weighted by atomic mass is 35.5. The molecule has 0 spiro atoms. The second-order valence-corrected chi connectivity index (χ2v) is 9.87. The van der Waals surface area contributed by atoms with Crippen molar-refractivity contribution in [3.63, 3.8) is 0 Å². The van der Waals surface area contributed by atoms with Gasteiger partial charge in [0.1, 0.15) is 0 Å². The van der Waals surface area contributed by atoms with Crippen LogP contribution in [0.15, 0.2) is 24.3 Å². The first-order valence-electron chi connectivity index (χ1n) is 12.0. The number of carbonyl (C=O) groups excluding carboxylic acids is 3. The number of benzene rings is 1. The van der Waals surface area contributed by atoms with Gasteiger partial charge in [0.2, 0.25) is 11.8 Å². The first-order chi connectivity index (χ1) is 15.8. The largest absolute Gasteiger partial charge is 0.468 e. The van der Waals surface area contributed by atoms with Gasteiger partial charge in [-0.25, -0.2) is 0 Å². The Morgan fingerprint density at radius 1 is 1.09 bits per heavy atom. The molecule has 2 fully saturated rings. The summed E-state index contributed by atoms with van der Waals surface area (Å²) in [5.41, 5.74) is 0.950. The summed E-state index contributed by atoms with van der Waals surface area (Å²) in [6, 6.07) is 7.12. The Morgan fingerprint density at radius 3 is 2.30 bits per heavy atom. The molecule has 1 saturated carbocycles. The van der Waals surface area contributed by atoms with Crippen molar-refractivity contribution in [1.29, 1.82) is 0 Å². The van der Waals surface area contributed by atoms with E-state index in [1.807, 2.05) is 26.0 Å². The molecule has 8 heteroatoms. The Kier molecular flexibility index (Phi) is 9.15. The fourth-order valence-electron chi connectivity index (χ4n) is 4.73. The molecule has 3 rings (SSSR count). The van der Waals surface area contributed by atoms with E-state index in [-0.39, 0.29) is 36.4 Å². The molecule has 7 nitrogen and oxygen atoms in total. The molecule has 1 N–H and O–H groups in total. The second kappa shape index (κ2) is 11.8. The monoisotopic (exact) mass is 477 g/mol. The van der Waals surface area contributed by atoms with E-state index in [4.69, 9.17) is 16.3 Å². The Balaban J connectivity index is 1.66. The zero-order chi connectivity index (χ0) is 24.0. The minimum absolute atomic E-state index is 0.0438. The number of halogens is 1. The summed E-state index contributed by atoms with van der Waals surface area (Å²) in [5, 5.41) is 3.68.